The van der Waals surface area contributed by atoms with Crippen molar-refractivity contribution in [2.24, 2.45) is 0 Å². The Labute approximate surface area is 104 Å². The Morgan fingerprint density at radius 3 is 2.53 bits per heavy atom. The van der Waals surface area contributed by atoms with Crippen LogP contribution in [0.25, 0.3) is 0 Å². The van der Waals surface area contributed by atoms with Gasteiger partial charge in [-0.2, -0.15) is 4.73 Å². The maximum absolute atomic E-state index is 11.9. The second-order valence-electron chi connectivity index (χ2n) is 3.62. The van der Waals surface area contributed by atoms with Gasteiger partial charge in [0.1, 0.15) is 0 Å². The number of hydrogen-bond donors (Lipinski definition) is 0. The van der Waals surface area contributed by atoms with Crippen LogP contribution in [0, 0.1) is 5.21 Å². The lowest BCUT2D eigenvalue weighted by Crippen LogP contribution is -2.32. The third-order valence-electron chi connectivity index (χ3n) is 2.41. The Balaban J connectivity index is 2.17. The molecule has 1 heterocycles. The van der Waals surface area contributed by atoms with Crippen LogP contribution in [0.4, 0.5) is 0 Å². The summed E-state index contributed by atoms with van der Waals surface area (Å²) in [5.41, 5.74) is 0.991. The van der Waals surface area contributed by atoms with Crippen LogP contribution in [0.3, 0.4) is 0 Å². The topological polar surface area (TPSA) is 44.0 Å². The molecule has 0 spiro atoms. The molecule has 0 amide bonds. The van der Waals surface area contributed by atoms with E-state index in [1.165, 1.54) is 6.20 Å². The number of nitrogens with zero attached hydrogens (tertiary/aromatic N) is 1. The minimum absolute atomic E-state index is 0.0893. The van der Waals surface area contributed by atoms with E-state index in [-0.39, 0.29) is 12.2 Å². The number of halogens is 1. The molecular weight excluding hydrogens is 238 g/mol. The Bertz CT molecular complexity index is 537. The molecule has 0 radical (unpaired) electrons. The van der Waals surface area contributed by atoms with E-state index in [1.54, 1.807) is 42.5 Å². The fourth-order valence-corrected chi connectivity index (χ4v) is 1.63. The van der Waals surface area contributed by atoms with Crippen LogP contribution >= 0.6 is 11.6 Å². The van der Waals surface area contributed by atoms with Crippen molar-refractivity contribution in [3.63, 3.8) is 0 Å². The van der Waals surface area contributed by atoms with Gasteiger partial charge < -0.3 is 5.21 Å². The van der Waals surface area contributed by atoms with E-state index in [1.807, 2.05) is 0 Å². The lowest BCUT2D eigenvalue weighted by atomic mass is 10.1. The summed E-state index contributed by atoms with van der Waals surface area (Å²) < 4.78 is 0.702. The normalized spacial score (nSPS) is 10.2. The van der Waals surface area contributed by atoms with Gasteiger partial charge in [-0.25, -0.2) is 0 Å². The first-order chi connectivity index (χ1) is 8.16. The Morgan fingerprint density at radius 2 is 1.88 bits per heavy atom. The summed E-state index contributed by atoms with van der Waals surface area (Å²) in [5.74, 6) is -0.0996. The lowest BCUT2D eigenvalue weighted by Gasteiger charge is -2.03. The third-order valence-corrected chi connectivity index (χ3v) is 2.66. The highest BCUT2D eigenvalue weighted by molar-refractivity contribution is 6.30. The number of carbonyl (C=O) groups is 1. The van der Waals surface area contributed by atoms with Crippen molar-refractivity contribution in [1.29, 1.82) is 0 Å². The van der Waals surface area contributed by atoms with Gasteiger partial charge in [0.25, 0.3) is 0 Å². The molecule has 4 heteroatoms. The second-order valence-corrected chi connectivity index (χ2v) is 4.06. The van der Waals surface area contributed by atoms with Crippen molar-refractivity contribution < 1.29 is 9.52 Å². The smallest absolute Gasteiger partial charge is 0.200 e. The van der Waals surface area contributed by atoms with Gasteiger partial charge in [0, 0.05) is 22.7 Å². The molecule has 0 N–H and O–H groups in total. The van der Waals surface area contributed by atoms with E-state index in [0.717, 1.165) is 0 Å². The zero-order valence-electron chi connectivity index (χ0n) is 8.97. The monoisotopic (exact) mass is 247 g/mol. The molecule has 2 rings (SSSR count). The van der Waals surface area contributed by atoms with E-state index in [9.17, 15) is 10.0 Å². The molecule has 0 aliphatic rings. The molecule has 3 nitrogen and oxygen atoms in total. The molecule has 0 aliphatic heterocycles. The number of benzene rings is 1. The summed E-state index contributed by atoms with van der Waals surface area (Å²) in [7, 11) is 0. The van der Waals surface area contributed by atoms with Gasteiger partial charge in [0.15, 0.2) is 12.0 Å². The molecule has 0 saturated carbocycles. The summed E-state index contributed by atoms with van der Waals surface area (Å²) in [5, 5.41) is 12.0. The highest BCUT2D eigenvalue weighted by Crippen LogP contribution is 2.11. The van der Waals surface area contributed by atoms with E-state index in [4.69, 9.17) is 11.6 Å². The maximum atomic E-state index is 11.9. The van der Waals surface area contributed by atoms with Crippen LogP contribution in [0.1, 0.15) is 16.1 Å². The molecule has 0 fully saturated rings. The van der Waals surface area contributed by atoms with Gasteiger partial charge in [-0.15, -0.1) is 0 Å². The molecule has 0 unspecified atom stereocenters. The first-order valence-corrected chi connectivity index (χ1v) is 5.50. The molecule has 17 heavy (non-hydrogen) atoms. The Kier molecular flexibility index (Phi) is 3.40. The zero-order valence-corrected chi connectivity index (χ0v) is 9.72. The molecule has 1 aromatic heterocycles. The van der Waals surface area contributed by atoms with Crippen molar-refractivity contribution in [3.05, 3.63) is 70.1 Å². The van der Waals surface area contributed by atoms with Gasteiger partial charge in [0.05, 0.1) is 6.42 Å². The minimum atomic E-state index is -0.0996. The van der Waals surface area contributed by atoms with Gasteiger partial charge in [-0.1, -0.05) is 11.6 Å². The first kappa shape index (κ1) is 11.6. The quantitative estimate of drug-likeness (QED) is 0.475. The number of pyridine rings is 1. The number of carbonyl (C=O) groups excluding carboxylic acids is 1. The fraction of sp³-hybridized carbons (Fsp3) is 0.0769. The van der Waals surface area contributed by atoms with Crippen LogP contribution in [-0.4, -0.2) is 5.78 Å². The van der Waals surface area contributed by atoms with Crippen LogP contribution < -0.4 is 4.73 Å². The molecular formula is C13H10ClNO2. The molecule has 1 aromatic carbocycles. The SMILES string of the molecule is O=C(Cc1cccc[n+]1[O-])c1ccc(Cl)cc1. The number of Topliss-reactive ketones (excluding diaryl/α,β-unsaturated/α-hetero) is 1. The molecule has 0 atom stereocenters. The molecule has 2 aromatic rings. The van der Waals surface area contributed by atoms with Crippen molar-refractivity contribution >= 4 is 17.4 Å². The third kappa shape index (κ3) is 2.82. The number of hydrogen-bond acceptors (Lipinski definition) is 2. The van der Waals surface area contributed by atoms with Crippen LogP contribution in [-0.2, 0) is 6.42 Å². The standard InChI is InChI=1S/C13H10ClNO2/c14-11-6-4-10(5-7-11)13(16)9-12-3-1-2-8-15(12)17/h1-8H,9H2. The lowest BCUT2D eigenvalue weighted by molar-refractivity contribution is -0.613. The van der Waals surface area contributed by atoms with Crippen LogP contribution in [0.2, 0.25) is 5.02 Å². The highest BCUT2D eigenvalue weighted by atomic mass is 35.5. The van der Waals surface area contributed by atoms with Gasteiger partial charge in [-0.3, -0.25) is 4.79 Å². The summed E-state index contributed by atoms with van der Waals surface area (Å²) in [6.45, 7) is 0. The Morgan fingerprint density at radius 1 is 1.18 bits per heavy atom. The molecule has 0 bridgehead atoms. The second kappa shape index (κ2) is 4.97. The van der Waals surface area contributed by atoms with Gasteiger partial charge in [-0.05, 0) is 30.3 Å². The van der Waals surface area contributed by atoms with Crippen molar-refractivity contribution in [2.45, 2.75) is 6.42 Å². The van der Waals surface area contributed by atoms with Crippen LogP contribution in [0.5, 0.6) is 0 Å². The summed E-state index contributed by atoms with van der Waals surface area (Å²) >= 11 is 5.74. The van der Waals surface area contributed by atoms with Crippen molar-refractivity contribution in [3.8, 4) is 0 Å². The Hall–Kier alpha value is -1.87. The number of ketones is 1. The van der Waals surface area contributed by atoms with E-state index in [0.29, 0.717) is 21.0 Å². The van der Waals surface area contributed by atoms with Crippen molar-refractivity contribution in [1.82, 2.24) is 0 Å². The number of rotatable bonds is 3. The van der Waals surface area contributed by atoms with E-state index >= 15 is 0 Å². The van der Waals surface area contributed by atoms with Crippen molar-refractivity contribution in [2.75, 3.05) is 0 Å². The first-order valence-electron chi connectivity index (χ1n) is 5.12. The highest BCUT2D eigenvalue weighted by Gasteiger charge is 2.12. The minimum Gasteiger partial charge on any atom is -0.618 e. The van der Waals surface area contributed by atoms with Gasteiger partial charge >= 0.3 is 0 Å². The summed E-state index contributed by atoms with van der Waals surface area (Å²) in [6.07, 6.45) is 1.47. The predicted octanol–water partition coefficient (Wildman–Crippen LogP) is 2.40. The van der Waals surface area contributed by atoms with Gasteiger partial charge in [0.2, 0.25) is 5.69 Å². The van der Waals surface area contributed by atoms with E-state index in [2.05, 4.69) is 0 Å². The maximum Gasteiger partial charge on any atom is 0.200 e. The molecule has 0 saturated heterocycles. The zero-order chi connectivity index (χ0) is 12.3. The average molecular weight is 248 g/mol. The predicted molar refractivity (Wildman–Crippen MR) is 64.9 cm³/mol. The fourth-order valence-electron chi connectivity index (χ4n) is 1.50. The molecule has 0 aliphatic carbocycles. The summed E-state index contributed by atoms with van der Waals surface area (Å²) in [6, 6.07) is 11.6. The average Bonchev–Trinajstić information content (AvgIpc) is 2.33. The summed E-state index contributed by atoms with van der Waals surface area (Å²) in [4.78, 5) is 11.9. The number of aromatic nitrogens is 1. The largest absolute Gasteiger partial charge is 0.618 e. The molecule has 86 valence electrons. The van der Waals surface area contributed by atoms with E-state index < -0.39 is 0 Å². The van der Waals surface area contributed by atoms with Crippen LogP contribution in [0.15, 0.2) is 48.7 Å².